The number of carbonyl (C=O) groups excluding carboxylic acids is 2. The lowest BCUT2D eigenvalue weighted by molar-refractivity contribution is -0.140. The van der Waals surface area contributed by atoms with E-state index in [1.807, 2.05) is 37.3 Å². The van der Waals surface area contributed by atoms with Crippen LogP contribution in [0.25, 0.3) is 5.76 Å². The largest absolute Gasteiger partial charge is 0.507 e. The van der Waals surface area contributed by atoms with Crippen molar-refractivity contribution in [3.05, 3.63) is 100 Å². The number of methoxy groups -OCH3 is 1. The zero-order valence-corrected chi connectivity index (χ0v) is 19.6. The van der Waals surface area contributed by atoms with E-state index in [2.05, 4.69) is 0 Å². The average Bonchev–Trinajstić information content (AvgIpc) is 3.10. The smallest absolute Gasteiger partial charge is 0.295 e. The molecule has 174 valence electrons. The van der Waals surface area contributed by atoms with Crippen LogP contribution in [0.1, 0.15) is 29.7 Å². The zero-order chi connectivity index (χ0) is 24.2. The summed E-state index contributed by atoms with van der Waals surface area (Å²) in [7, 11) is 1.52. The number of rotatable bonds is 7. The van der Waals surface area contributed by atoms with Crippen molar-refractivity contribution in [2.24, 2.45) is 0 Å². The zero-order valence-electron chi connectivity index (χ0n) is 18.8. The number of aliphatic hydroxyl groups excluding tert-OH is 1. The lowest BCUT2D eigenvalue weighted by Gasteiger charge is -2.26. The fourth-order valence-corrected chi connectivity index (χ4v) is 4.19. The van der Waals surface area contributed by atoms with Crippen LogP contribution in [0.4, 0.5) is 0 Å². The Morgan fingerprint density at radius 2 is 1.71 bits per heavy atom. The van der Waals surface area contributed by atoms with Crippen LogP contribution in [0, 0.1) is 0 Å². The Morgan fingerprint density at radius 3 is 2.35 bits per heavy atom. The number of aliphatic hydroxyl groups is 1. The summed E-state index contributed by atoms with van der Waals surface area (Å²) in [6.45, 7) is 2.52. The van der Waals surface area contributed by atoms with Crippen molar-refractivity contribution in [1.29, 1.82) is 0 Å². The molecule has 0 saturated carbocycles. The number of ketones is 1. The van der Waals surface area contributed by atoms with Gasteiger partial charge in [-0.3, -0.25) is 9.59 Å². The van der Waals surface area contributed by atoms with Crippen LogP contribution in [0.15, 0.2) is 78.4 Å². The molecule has 1 N–H and O–H groups in total. The molecule has 1 fully saturated rings. The maximum Gasteiger partial charge on any atom is 0.295 e. The topological polar surface area (TPSA) is 76.1 Å². The molecule has 1 unspecified atom stereocenters. The predicted molar refractivity (Wildman–Crippen MR) is 130 cm³/mol. The second-order valence-corrected chi connectivity index (χ2v) is 8.20. The second kappa shape index (κ2) is 10.0. The summed E-state index contributed by atoms with van der Waals surface area (Å²) >= 11 is 5.99. The number of nitrogens with zero attached hydrogens (tertiary/aromatic N) is 1. The molecule has 0 radical (unpaired) electrons. The van der Waals surface area contributed by atoms with Crippen molar-refractivity contribution in [1.82, 2.24) is 4.90 Å². The molecule has 6 nitrogen and oxygen atoms in total. The van der Waals surface area contributed by atoms with Crippen molar-refractivity contribution < 1.29 is 24.2 Å². The van der Waals surface area contributed by atoms with E-state index < -0.39 is 17.7 Å². The van der Waals surface area contributed by atoms with Gasteiger partial charge in [0.1, 0.15) is 5.76 Å². The summed E-state index contributed by atoms with van der Waals surface area (Å²) in [6, 6.07) is 20.3. The van der Waals surface area contributed by atoms with E-state index in [4.69, 9.17) is 21.1 Å². The van der Waals surface area contributed by atoms with Crippen molar-refractivity contribution in [3.8, 4) is 11.5 Å². The van der Waals surface area contributed by atoms with Crippen LogP contribution < -0.4 is 9.47 Å². The van der Waals surface area contributed by atoms with Gasteiger partial charge in [0.25, 0.3) is 11.7 Å². The van der Waals surface area contributed by atoms with Gasteiger partial charge in [-0.1, -0.05) is 48.0 Å². The van der Waals surface area contributed by atoms with Crippen LogP contribution in [-0.2, 0) is 16.1 Å². The SMILES string of the molecule is CCOc1ccc(C2C(=C(O)c3ccc(Cl)cc3)C(=O)C(=O)N2Cc2ccccc2)cc1OC. The molecular weight excluding hydrogens is 454 g/mol. The number of hydrogen-bond acceptors (Lipinski definition) is 5. The fraction of sp³-hybridized carbons (Fsp3) is 0.185. The Morgan fingerprint density at radius 1 is 1.00 bits per heavy atom. The minimum absolute atomic E-state index is 0.00877. The van der Waals surface area contributed by atoms with Gasteiger partial charge in [-0.25, -0.2) is 0 Å². The molecule has 1 atom stereocenters. The molecule has 1 saturated heterocycles. The van der Waals surface area contributed by atoms with Gasteiger partial charge in [0.15, 0.2) is 11.5 Å². The highest BCUT2D eigenvalue weighted by molar-refractivity contribution is 6.46. The molecule has 0 spiro atoms. The average molecular weight is 478 g/mol. The summed E-state index contributed by atoms with van der Waals surface area (Å²) in [5.74, 6) is -0.676. The van der Waals surface area contributed by atoms with Crippen LogP contribution in [-0.4, -0.2) is 35.4 Å². The summed E-state index contributed by atoms with van der Waals surface area (Å²) in [6.07, 6.45) is 0. The molecule has 7 heteroatoms. The number of likely N-dealkylation sites (tertiary alicyclic amines) is 1. The molecule has 0 aromatic heterocycles. The predicted octanol–water partition coefficient (Wildman–Crippen LogP) is 5.37. The monoisotopic (exact) mass is 477 g/mol. The standard InChI is InChI=1S/C27H24ClNO5/c1-3-34-21-14-11-19(15-22(21)33-2)24-23(25(30)18-9-12-20(28)13-10-18)26(31)27(32)29(24)16-17-7-5-4-6-8-17/h4-15,24,30H,3,16H2,1-2H3. The van der Waals surface area contributed by atoms with E-state index in [-0.39, 0.29) is 17.9 Å². The minimum Gasteiger partial charge on any atom is -0.507 e. The van der Waals surface area contributed by atoms with E-state index >= 15 is 0 Å². The van der Waals surface area contributed by atoms with Crippen LogP contribution in [0.3, 0.4) is 0 Å². The van der Waals surface area contributed by atoms with Crippen molar-refractivity contribution in [3.63, 3.8) is 0 Å². The summed E-state index contributed by atoms with van der Waals surface area (Å²) in [4.78, 5) is 27.8. The van der Waals surface area contributed by atoms with Gasteiger partial charge in [-0.2, -0.15) is 0 Å². The number of Topliss-reactive ketones (excluding diaryl/α,β-unsaturated/α-hetero) is 1. The van der Waals surface area contributed by atoms with Crippen LogP contribution in [0.5, 0.6) is 11.5 Å². The van der Waals surface area contributed by atoms with Gasteiger partial charge in [-0.15, -0.1) is 0 Å². The summed E-state index contributed by atoms with van der Waals surface area (Å²) in [5.41, 5.74) is 1.88. The van der Waals surface area contributed by atoms with E-state index in [0.717, 1.165) is 5.56 Å². The Hall–Kier alpha value is -3.77. The first-order chi connectivity index (χ1) is 16.4. The molecular formula is C27H24ClNO5. The number of amides is 1. The quantitative estimate of drug-likeness (QED) is 0.281. The second-order valence-electron chi connectivity index (χ2n) is 7.76. The Balaban J connectivity index is 1.88. The van der Waals surface area contributed by atoms with E-state index in [1.165, 1.54) is 12.0 Å². The maximum atomic E-state index is 13.2. The van der Waals surface area contributed by atoms with Gasteiger partial charge in [0.05, 0.1) is 25.3 Å². The van der Waals surface area contributed by atoms with Crippen molar-refractivity contribution in [2.45, 2.75) is 19.5 Å². The molecule has 0 aliphatic carbocycles. The lowest BCUT2D eigenvalue weighted by atomic mass is 9.95. The minimum atomic E-state index is -0.819. The fourth-order valence-electron chi connectivity index (χ4n) is 4.06. The Kier molecular flexibility index (Phi) is 6.89. The number of ether oxygens (including phenoxy) is 2. The van der Waals surface area contributed by atoms with Crippen LogP contribution >= 0.6 is 11.6 Å². The molecule has 0 bridgehead atoms. The van der Waals surface area contributed by atoms with Crippen molar-refractivity contribution in [2.75, 3.05) is 13.7 Å². The first-order valence-corrected chi connectivity index (χ1v) is 11.2. The lowest BCUT2D eigenvalue weighted by Crippen LogP contribution is -2.29. The van der Waals surface area contributed by atoms with Gasteiger partial charge >= 0.3 is 0 Å². The molecule has 3 aromatic rings. The summed E-state index contributed by atoms with van der Waals surface area (Å²) < 4.78 is 11.1. The molecule has 1 aliphatic rings. The highest BCUT2D eigenvalue weighted by atomic mass is 35.5. The number of benzene rings is 3. The third-order valence-electron chi connectivity index (χ3n) is 5.66. The van der Waals surface area contributed by atoms with E-state index in [1.54, 1.807) is 42.5 Å². The highest BCUT2D eigenvalue weighted by Gasteiger charge is 2.46. The third kappa shape index (κ3) is 4.50. The molecule has 1 heterocycles. The van der Waals surface area contributed by atoms with Gasteiger partial charge in [0, 0.05) is 17.1 Å². The van der Waals surface area contributed by atoms with Gasteiger partial charge in [0.2, 0.25) is 0 Å². The van der Waals surface area contributed by atoms with E-state index in [9.17, 15) is 14.7 Å². The van der Waals surface area contributed by atoms with E-state index in [0.29, 0.717) is 34.3 Å². The Bertz CT molecular complexity index is 1240. The normalized spacial score (nSPS) is 17.1. The summed E-state index contributed by atoms with van der Waals surface area (Å²) in [5, 5.41) is 11.7. The van der Waals surface area contributed by atoms with Gasteiger partial charge < -0.3 is 19.5 Å². The number of halogens is 1. The first-order valence-electron chi connectivity index (χ1n) is 10.8. The first kappa shape index (κ1) is 23.4. The molecule has 4 rings (SSSR count). The number of carbonyl (C=O) groups is 2. The molecule has 1 aliphatic heterocycles. The number of hydrogen-bond donors (Lipinski definition) is 1. The van der Waals surface area contributed by atoms with Crippen molar-refractivity contribution >= 4 is 29.1 Å². The Labute approximate surface area is 203 Å². The molecule has 34 heavy (non-hydrogen) atoms. The highest BCUT2D eigenvalue weighted by Crippen LogP contribution is 2.42. The van der Waals surface area contributed by atoms with Gasteiger partial charge in [-0.05, 0) is 54.4 Å². The van der Waals surface area contributed by atoms with Crippen LogP contribution in [0.2, 0.25) is 5.02 Å². The molecule has 1 amide bonds. The molecule has 3 aromatic carbocycles. The maximum absolute atomic E-state index is 13.2. The third-order valence-corrected chi connectivity index (χ3v) is 5.91.